The molecule has 5 rings (SSSR count). The van der Waals surface area contributed by atoms with Crippen LogP contribution in [0.3, 0.4) is 0 Å². The molecule has 0 bridgehead atoms. The molecule has 2 aliphatic rings. The maximum absolute atomic E-state index is 13.4. The lowest BCUT2D eigenvalue weighted by Crippen LogP contribution is -2.69. The van der Waals surface area contributed by atoms with E-state index in [9.17, 15) is 4.79 Å². The standard InChI is InChI=1S/C31H33ClN2O6S/c1-17-23(39-28(35)18-13-24(36-4)27(38-6)25(14-18)37-5)12-11-20-21(19-9-7-8-10-22(19)32)15-31(40-26(17)20)16-30(2,3)33-29(41)34-31/h7-14,21H,15-16H2,1-6H3,(H2,33,34,41)/t21-,31+/m0/s1. The number of carbonyl (C=O) groups is 1. The molecule has 1 spiro atoms. The van der Waals surface area contributed by atoms with Crippen molar-refractivity contribution in [3.8, 4) is 28.7 Å². The SMILES string of the molecule is COc1cc(C(=O)Oc2ccc3c(c2C)O[C@]2(C[C@H]3c3ccccc3Cl)CC(C)(C)NC(=S)N2)cc(OC)c1OC. The summed E-state index contributed by atoms with van der Waals surface area (Å²) in [6.45, 7) is 6.06. The largest absolute Gasteiger partial charge is 0.493 e. The Hall–Kier alpha value is -3.69. The van der Waals surface area contributed by atoms with Crippen molar-refractivity contribution in [3.05, 3.63) is 75.8 Å². The number of hydrogen-bond acceptors (Lipinski definition) is 7. The van der Waals surface area contributed by atoms with Crippen LogP contribution in [0.5, 0.6) is 28.7 Å². The Kier molecular flexibility index (Phi) is 7.70. The third-order valence-corrected chi connectivity index (χ3v) is 8.05. The van der Waals surface area contributed by atoms with E-state index >= 15 is 0 Å². The van der Waals surface area contributed by atoms with Crippen LogP contribution in [0, 0.1) is 6.92 Å². The van der Waals surface area contributed by atoms with Gasteiger partial charge in [0, 0.05) is 40.4 Å². The third kappa shape index (κ3) is 5.48. The number of hydrogen-bond donors (Lipinski definition) is 2. The Morgan fingerprint density at radius 3 is 2.27 bits per heavy atom. The van der Waals surface area contributed by atoms with Crippen molar-refractivity contribution < 1.29 is 28.5 Å². The number of esters is 1. The highest BCUT2D eigenvalue weighted by molar-refractivity contribution is 7.80. The molecule has 216 valence electrons. The first-order chi connectivity index (χ1) is 19.5. The molecule has 41 heavy (non-hydrogen) atoms. The fourth-order valence-electron chi connectivity index (χ4n) is 5.82. The minimum Gasteiger partial charge on any atom is -0.493 e. The highest BCUT2D eigenvalue weighted by Crippen LogP contribution is 2.51. The van der Waals surface area contributed by atoms with Crippen LogP contribution in [0.4, 0.5) is 0 Å². The zero-order chi connectivity index (χ0) is 29.5. The smallest absolute Gasteiger partial charge is 0.343 e. The highest BCUT2D eigenvalue weighted by Gasteiger charge is 2.49. The molecule has 2 aliphatic heterocycles. The van der Waals surface area contributed by atoms with Crippen molar-refractivity contribution in [1.29, 1.82) is 0 Å². The molecule has 8 nitrogen and oxygen atoms in total. The van der Waals surface area contributed by atoms with Gasteiger partial charge in [0.1, 0.15) is 11.5 Å². The van der Waals surface area contributed by atoms with Crippen molar-refractivity contribution in [2.75, 3.05) is 21.3 Å². The first-order valence-electron chi connectivity index (χ1n) is 13.2. The Morgan fingerprint density at radius 1 is 0.976 bits per heavy atom. The third-order valence-electron chi connectivity index (χ3n) is 7.50. The van der Waals surface area contributed by atoms with Gasteiger partial charge in [0.2, 0.25) is 5.75 Å². The average molecular weight is 597 g/mol. The summed E-state index contributed by atoms with van der Waals surface area (Å²) in [4.78, 5) is 13.4. The number of carbonyl (C=O) groups excluding carboxylic acids is 1. The quantitative estimate of drug-likeness (QED) is 0.198. The van der Waals surface area contributed by atoms with Gasteiger partial charge in [0.15, 0.2) is 22.3 Å². The highest BCUT2D eigenvalue weighted by atomic mass is 35.5. The molecule has 0 saturated carbocycles. The molecule has 10 heteroatoms. The van der Waals surface area contributed by atoms with Gasteiger partial charge in [0.25, 0.3) is 0 Å². The minimum absolute atomic E-state index is 0.0878. The molecule has 2 N–H and O–H groups in total. The van der Waals surface area contributed by atoms with Crippen molar-refractivity contribution in [2.24, 2.45) is 0 Å². The lowest BCUT2D eigenvalue weighted by Gasteiger charge is -2.51. The molecule has 0 aromatic heterocycles. The fraction of sp³-hybridized carbons (Fsp3) is 0.355. The Labute approximate surface area is 250 Å². The second kappa shape index (κ2) is 10.9. The van der Waals surface area contributed by atoms with E-state index in [0.717, 1.165) is 11.1 Å². The van der Waals surface area contributed by atoms with Crippen molar-refractivity contribution >= 4 is 34.9 Å². The van der Waals surface area contributed by atoms with Crippen LogP contribution in [0.15, 0.2) is 48.5 Å². The van der Waals surface area contributed by atoms with E-state index in [1.807, 2.05) is 37.3 Å². The van der Waals surface area contributed by atoms with Gasteiger partial charge < -0.3 is 34.3 Å². The molecule has 2 heterocycles. The van der Waals surface area contributed by atoms with E-state index in [1.54, 1.807) is 18.2 Å². The predicted octanol–water partition coefficient (Wildman–Crippen LogP) is 6.15. The van der Waals surface area contributed by atoms with Gasteiger partial charge >= 0.3 is 5.97 Å². The van der Waals surface area contributed by atoms with Gasteiger partial charge in [-0.05, 0) is 62.8 Å². The molecule has 2 atom stereocenters. The molecular weight excluding hydrogens is 564 g/mol. The van der Waals surface area contributed by atoms with Crippen molar-refractivity contribution in [2.45, 2.75) is 50.8 Å². The molecule has 3 aromatic rings. The second-order valence-electron chi connectivity index (χ2n) is 10.9. The Balaban J connectivity index is 1.56. The first-order valence-corrected chi connectivity index (χ1v) is 14.0. The minimum atomic E-state index is -0.799. The number of ether oxygens (including phenoxy) is 5. The van der Waals surface area contributed by atoms with Crippen LogP contribution in [-0.2, 0) is 0 Å². The number of thiocarbonyl (C=S) groups is 1. The lowest BCUT2D eigenvalue weighted by atomic mass is 9.76. The normalized spacial score (nSPS) is 20.7. The van der Waals surface area contributed by atoms with Gasteiger partial charge in [-0.3, -0.25) is 0 Å². The average Bonchev–Trinajstić information content (AvgIpc) is 2.92. The van der Waals surface area contributed by atoms with Crippen LogP contribution in [0.25, 0.3) is 0 Å². The summed E-state index contributed by atoms with van der Waals surface area (Å²) in [5.74, 6) is 1.42. The summed E-state index contributed by atoms with van der Waals surface area (Å²) in [6.07, 6.45) is 1.24. The molecule has 1 saturated heterocycles. The maximum atomic E-state index is 13.4. The van der Waals surface area contributed by atoms with Crippen LogP contribution in [0.1, 0.15) is 59.7 Å². The summed E-state index contributed by atoms with van der Waals surface area (Å²) in [7, 11) is 4.48. The number of methoxy groups -OCH3 is 3. The summed E-state index contributed by atoms with van der Waals surface area (Å²) in [5, 5.41) is 7.93. The molecule has 0 radical (unpaired) electrons. The first kappa shape index (κ1) is 28.8. The number of rotatable bonds is 6. The number of nitrogens with one attached hydrogen (secondary N) is 2. The van der Waals surface area contributed by atoms with Gasteiger partial charge in [0.05, 0.1) is 26.9 Å². The maximum Gasteiger partial charge on any atom is 0.343 e. The number of benzene rings is 3. The molecule has 0 aliphatic carbocycles. The molecule has 1 fully saturated rings. The fourth-order valence-corrected chi connectivity index (χ4v) is 6.55. The van der Waals surface area contributed by atoms with Crippen LogP contribution in [-0.4, -0.2) is 43.7 Å². The van der Waals surface area contributed by atoms with Crippen LogP contribution >= 0.6 is 23.8 Å². The van der Waals surface area contributed by atoms with Crippen LogP contribution in [0.2, 0.25) is 5.02 Å². The van der Waals surface area contributed by atoms with E-state index in [-0.39, 0.29) is 17.0 Å². The van der Waals surface area contributed by atoms with E-state index in [0.29, 0.717) is 57.3 Å². The van der Waals surface area contributed by atoms with E-state index in [4.69, 9.17) is 47.5 Å². The topological polar surface area (TPSA) is 87.3 Å². The van der Waals surface area contributed by atoms with Gasteiger partial charge in [-0.25, -0.2) is 4.79 Å². The van der Waals surface area contributed by atoms with E-state index < -0.39 is 11.7 Å². The Bertz CT molecular complexity index is 1500. The molecule has 0 amide bonds. The second-order valence-corrected chi connectivity index (χ2v) is 11.7. The van der Waals surface area contributed by atoms with Crippen molar-refractivity contribution in [1.82, 2.24) is 10.6 Å². The summed E-state index contributed by atoms with van der Waals surface area (Å²) >= 11 is 12.3. The number of halogens is 1. The molecular formula is C31H33ClN2O6S. The zero-order valence-corrected chi connectivity index (χ0v) is 25.4. The predicted molar refractivity (Wildman–Crippen MR) is 161 cm³/mol. The van der Waals surface area contributed by atoms with Crippen molar-refractivity contribution in [3.63, 3.8) is 0 Å². The molecule has 3 aromatic carbocycles. The van der Waals surface area contributed by atoms with E-state index in [1.165, 1.54) is 21.3 Å². The Morgan fingerprint density at radius 2 is 1.66 bits per heavy atom. The summed E-state index contributed by atoms with van der Waals surface area (Å²) in [6, 6.07) is 14.7. The zero-order valence-electron chi connectivity index (χ0n) is 23.8. The van der Waals surface area contributed by atoms with Gasteiger partial charge in [-0.2, -0.15) is 0 Å². The van der Waals surface area contributed by atoms with E-state index in [2.05, 4.69) is 24.5 Å². The van der Waals surface area contributed by atoms with Gasteiger partial charge in [-0.1, -0.05) is 35.9 Å². The van der Waals surface area contributed by atoms with Gasteiger partial charge in [-0.15, -0.1) is 0 Å². The number of fused-ring (bicyclic) bond motifs is 1. The van der Waals surface area contributed by atoms with Crippen LogP contribution < -0.4 is 34.3 Å². The monoisotopic (exact) mass is 596 g/mol. The molecule has 0 unspecified atom stereocenters. The summed E-state index contributed by atoms with van der Waals surface area (Å²) in [5.41, 5.74) is 1.77. The lowest BCUT2D eigenvalue weighted by molar-refractivity contribution is -0.0134. The summed E-state index contributed by atoms with van der Waals surface area (Å²) < 4.78 is 28.9.